The number of aromatic hydroxyl groups is 1. The fraction of sp³-hybridized carbons (Fsp3) is 0.304. The number of para-hydroxylation sites is 1. The van der Waals surface area contributed by atoms with Crippen LogP contribution in [0.4, 0.5) is 5.69 Å². The van der Waals surface area contributed by atoms with E-state index in [4.69, 9.17) is 0 Å². The van der Waals surface area contributed by atoms with Crippen LogP contribution in [0.25, 0.3) is 0 Å². The van der Waals surface area contributed by atoms with Gasteiger partial charge in [-0.25, -0.2) is 0 Å². The zero-order chi connectivity index (χ0) is 21.8. The standard InChI is InChI=1S/C23H27N3O4/c1-4-15(13-14-9-6-5-7-10-14)24-18-19(22(29)21(18)28)25-17-12-8-11-16(20(17)27)23(30)26(2)3/h5-12,15,21,24-25,27-28H,4,13H2,1-3H3. The van der Waals surface area contributed by atoms with Gasteiger partial charge in [0.1, 0.15) is 5.70 Å². The fourth-order valence-electron chi connectivity index (χ4n) is 3.35. The molecule has 7 heteroatoms. The van der Waals surface area contributed by atoms with Gasteiger partial charge in [0, 0.05) is 20.1 Å². The number of aliphatic hydroxyl groups is 1. The number of rotatable bonds is 8. The molecule has 2 aromatic rings. The highest BCUT2D eigenvalue weighted by molar-refractivity contribution is 6.11. The molecule has 0 spiro atoms. The van der Waals surface area contributed by atoms with Gasteiger partial charge in [0.05, 0.1) is 16.9 Å². The van der Waals surface area contributed by atoms with Gasteiger partial charge in [0.2, 0.25) is 5.78 Å². The number of carbonyl (C=O) groups is 2. The minimum Gasteiger partial charge on any atom is -0.505 e. The van der Waals surface area contributed by atoms with Crippen molar-refractivity contribution in [2.75, 3.05) is 19.4 Å². The Morgan fingerprint density at radius 3 is 2.47 bits per heavy atom. The van der Waals surface area contributed by atoms with Crippen LogP contribution in [0.1, 0.15) is 29.3 Å². The lowest BCUT2D eigenvalue weighted by atomic mass is 9.92. The van der Waals surface area contributed by atoms with Crippen LogP contribution < -0.4 is 10.6 Å². The second kappa shape index (κ2) is 9.00. The van der Waals surface area contributed by atoms with Gasteiger partial charge in [0.15, 0.2) is 11.9 Å². The van der Waals surface area contributed by atoms with Crippen molar-refractivity contribution in [1.29, 1.82) is 0 Å². The molecule has 0 saturated carbocycles. The third kappa shape index (κ3) is 4.31. The number of nitrogens with one attached hydrogen (secondary N) is 2. The van der Waals surface area contributed by atoms with E-state index in [1.165, 1.54) is 11.0 Å². The number of Topliss-reactive ketones (excluding diaryl/α,β-unsaturated/α-hetero) is 1. The molecular weight excluding hydrogens is 382 g/mol. The molecule has 0 bridgehead atoms. The first-order valence-corrected chi connectivity index (χ1v) is 9.91. The van der Waals surface area contributed by atoms with Gasteiger partial charge in [-0.2, -0.15) is 0 Å². The Balaban J connectivity index is 1.83. The maximum atomic E-state index is 12.3. The SMILES string of the molecule is CCC(Cc1ccccc1)NC1=C(Nc2cccc(C(=O)N(C)C)c2O)C(=O)C1O. The number of phenolic OH excluding ortho intramolecular Hbond substituents is 1. The Bertz CT molecular complexity index is 970. The summed E-state index contributed by atoms with van der Waals surface area (Å²) in [6.45, 7) is 2.03. The number of anilines is 1. The van der Waals surface area contributed by atoms with Crippen molar-refractivity contribution in [2.45, 2.75) is 31.9 Å². The van der Waals surface area contributed by atoms with Crippen LogP contribution in [0.2, 0.25) is 0 Å². The molecule has 0 fully saturated rings. The van der Waals surface area contributed by atoms with Crippen LogP contribution in [-0.2, 0) is 11.2 Å². The van der Waals surface area contributed by atoms with Crippen LogP contribution in [0.3, 0.4) is 0 Å². The Morgan fingerprint density at radius 1 is 1.13 bits per heavy atom. The molecule has 7 nitrogen and oxygen atoms in total. The summed E-state index contributed by atoms with van der Waals surface area (Å²) in [6, 6.07) is 14.7. The molecule has 158 valence electrons. The molecular formula is C23H27N3O4. The largest absolute Gasteiger partial charge is 0.505 e. The van der Waals surface area contributed by atoms with Gasteiger partial charge in [-0.1, -0.05) is 43.3 Å². The highest BCUT2D eigenvalue weighted by atomic mass is 16.3. The van der Waals surface area contributed by atoms with Gasteiger partial charge in [-0.05, 0) is 30.5 Å². The average molecular weight is 409 g/mol. The number of hydrogen-bond donors (Lipinski definition) is 4. The first kappa shape index (κ1) is 21.4. The number of ketones is 1. The number of phenols is 1. The van der Waals surface area contributed by atoms with E-state index in [2.05, 4.69) is 10.6 Å². The summed E-state index contributed by atoms with van der Waals surface area (Å²) in [5, 5.41) is 26.9. The van der Waals surface area contributed by atoms with E-state index < -0.39 is 11.9 Å². The third-order valence-corrected chi connectivity index (χ3v) is 5.15. The molecule has 2 aromatic carbocycles. The number of amides is 1. The summed E-state index contributed by atoms with van der Waals surface area (Å²) in [4.78, 5) is 25.9. The number of benzene rings is 2. The van der Waals surface area contributed by atoms with Crippen molar-refractivity contribution in [2.24, 2.45) is 0 Å². The third-order valence-electron chi connectivity index (χ3n) is 5.15. The maximum absolute atomic E-state index is 12.3. The number of carbonyl (C=O) groups excluding carboxylic acids is 2. The summed E-state index contributed by atoms with van der Waals surface area (Å²) in [5.41, 5.74) is 2.10. The van der Waals surface area contributed by atoms with E-state index >= 15 is 0 Å². The Labute approximate surface area is 176 Å². The minimum absolute atomic E-state index is 0.0252. The molecule has 0 aromatic heterocycles. The summed E-state index contributed by atoms with van der Waals surface area (Å²) >= 11 is 0. The molecule has 0 heterocycles. The normalized spacial score (nSPS) is 16.7. The first-order chi connectivity index (χ1) is 14.3. The van der Waals surface area contributed by atoms with Crippen molar-refractivity contribution in [3.63, 3.8) is 0 Å². The van der Waals surface area contributed by atoms with Gasteiger partial charge in [-0.15, -0.1) is 0 Å². The lowest BCUT2D eigenvalue weighted by molar-refractivity contribution is -0.124. The minimum atomic E-state index is -1.23. The summed E-state index contributed by atoms with van der Waals surface area (Å²) in [6.07, 6.45) is 0.309. The van der Waals surface area contributed by atoms with E-state index in [9.17, 15) is 19.8 Å². The van der Waals surface area contributed by atoms with Crippen molar-refractivity contribution >= 4 is 17.4 Å². The average Bonchev–Trinajstić information content (AvgIpc) is 2.76. The molecule has 1 amide bonds. The Kier molecular flexibility index (Phi) is 6.42. The summed E-state index contributed by atoms with van der Waals surface area (Å²) < 4.78 is 0. The number of hydrogen-bond acceptors (Lipinski definition) is 6. The van der Waals surface area contributed by atoms with Crippen molar-refractivity contribution < 1.29 is 19.8 Å². The summed E-state index contributed by atoms with van der Waals surface area (Å²) in [5.74, 6) is -1.05. The van der Waals surface area contributed by atoms with Crippen LogP contribution in [-0.4, -0.2) is 53.0 Å². The molecule has 1 aliphatic carbocycles. The highest BCUT2D eigenvalue weighted by Crippen LogP contribution is 2.33. The predicted octanol–water partition coefficient (Wildman–Crippen LogP) is 2.27. The molecule has 0 radical (unpaired) electrons. The maximum Gasteiger partial charge on any atom is 0.257 e. The van der Waals surface area contributed by atoms with E-state index in [-0.39, 0.29) is 34.6 Å². The van der Waals surface area contributed by atoms with Gasteiger partial charge >= 0.3 is 0 Å². The van der Waals surface area contributed by atoms with E-state index in [1.807, 2.05) is 37.3 Å². The lowest BCUT2D eigenvalue weighted by Crippen LogP contribution is -2.48. The molecule has 3 rings (SSSR count). The monoisotopic (exact) mass is 409 g/mol. The quantitative estimate of drug-likeness (QED) is 0.499. The smallest absolute Gasteiger partial charge is 0.257 e. The van der Waals surface area contributed by atoms with Gasteiger partial charge in [0.25, 0.3) is 5.91 Å². The second-order valence-electron chi connectivity index (χ2n) is 7.52. The molecule has 2 unspecified atom stereocenters. The molecule has 0 saturated heterocycles. The predicted molar refractivity (Wildman–Crippen MR) is 115 cm³/mol. The van der Waals surface area contributed by atoms with Crippen LogP contribution in [0.5, 0.6) is 5.75 Å². The van der Waals surface area contributed by atoms with Crippen LogP contribution in [0, 0.1) is 0 Å². The van der Waals surface area contributed by atoms with Gasteiger partial charge < -0.3 is 25.7 Å². The second-order valence-corrected chi connectivity index (χ2v) is 7.52. The first-order valence-electron chi connectivity index (χ1n) is 9.91. The van der Waals surface area contributed by atoms with E-state index in [1.54, 1.807) is 26.2 Å². The van der Waals surface area contributed by atoms with Crippen LogP contribution in [0.15, 0.2) is 59.9 Å². The summed E-state index contributed by atoms with van der Waals surface area (Å²) in [7, 11) is 3.19. The molecule has 0 aliphatic heterocycles. The fourth-order valence-corrected chi connectivity index (χ4v) is 3.35. The Morgan fingerprint density at radius 2 is 1.83 bits per heavy atom. The Hall–Kier alpha value is -3.32. The van der Waals surface area contributed by atoms with E-state index in [0.717, 1.165) is 18.4 Å². The zero-order valence-corrected chi connectivity index (χ0v) is 17.3. The van der Waals surface area contributed by atoms with Crippen molar-refractivity contribution in [3.8, 4) is 5.75 Å². The lowest BCUT2D eigenvalue weighted by Gasteiger charge is -2.33. The van der Waals surface area contributed by atoms with Crippen molar-refractivity contribution in [1.82, 2.24) is 10.2 Å². The van der Waals surface area contributed by atoms with Crippen LogP contribution >= 0.6 is 0 Å². The topological polar surface area (TPSA) is 102 Å². The molecule has 1 aliphatic rings. The molecule has 30 heavy (non-hydrogen) atoms. The molecule has 2 atom stereocenters. The number of aliphatic hydroxyl groups excluding tert-OH is 1. The highest BCUT2D eigenvalue weighted by Gasteiger charge is 2.39. The zero-order valence-electron chi connectivity index (χ0n) is 17.3. The van der Waals surface area contributed by atoms with E-state index in [0.29, 0.717) is 5.70 Å². The molecule has 4 N–H and O–H groups in total. The van der Waals surface area contributed by atoms with Gasteiger partial charge in [-0.3, -0.25) is 9.59 Å². The van der Waals surface area contributed by atoms with Crippen molar-refractivity contribution in [3.05, 3.63) is 71.1 Å². The number of nitrogens with zero attached hydrogens (tertiary/aromatic N) is 1.